The van der Waals surface area contributed by atoms with Crippen molar-refractivity contribution in [3.8, 4) is 0 Å². The van der Waals surface area contributed by atoms with Crippen LogP contribution in [0.25, 0.3) is 0 Å². The van der Waals surface area contributed by atoms with Gasteiger partial charge in [-0.1, -0.05) is 13.3 Å². The van der Waals surface area contributed by atoms with Crippen LogP contribution in [0.15, 0.2) is 0 Å². The second-order valence-electron chi connectivity index (χ2n) is 2.91. The zero-order chi connectivity index (χ0) is 6.85. The second kappa shape index (κ2) is 2.89. The first-order valence-corrected chi connectivity index (χ1v) is 3.97. The molecule has 1 nitrogen and oxygen atoms in total. The zero-order valence-corrected chi connectivity index (χ0v) is 6.43. The molecule has 1 aliphatic rings. The van der Waals surface area contributed by atoms with Crippen molar-refractivity contribution in [3.63, 3.8) is 0 Å². The van der Waals surface area contributed by atoms with Gasteiger partial charge in [-0.2, -0.15) is 0 Å². The molecule has 1 saturated carbocycles. The SMILES string of the molecule is C[C@@H]1CCC[C@@H](Cl)[C@@H]1O. The van der Waals surface area contributed by atoms with Crippen LogP contribution in [-0.4, -0.2) is 16.6 Å². The van der Waals surface area contributed by atoms with E-state index in [1.807, 2.05) is 0 Å². The average Bonchev–Trinajstić information content (AvgIpc) is 1.83. The monoisotopic (exact) mass is 148 g/mol. The van der Waals surface area contributed by atoms with Crippen molar-refractivity contribution in [2.45, 2.75) is 37.7 Å². The number of aliphatic hydroxyl groups is 1. The molecule has 0 aliphatic heterocycles. The number of rotatable bonds is 0. The van der Waals surface area contributed by atoms with Crippen LogP contribution in [-0.2, 0) is 0 Å². The van der Waals surface area contributed by atoms with E-state index in [0.29, 0.717) is 5.92 Å². The van der Waals surface area contributed by atoms with Gasteiger partial charge in [0.05, 0.1) is 11.5 Å². The maximum Gasteiger partial charge on any atom is 0.0729 e. The van der Waals surface area contributed by atoms with E-state index in [0.717, 1.165) is 12.8 Å². The Hall–Kier alpha value is 0.250. The maximum atomic E-state index is 9.31. The third kappa shape index (κ3) is 1.59. The Kier molecular flexibility index (Phi) is 2.36. The highest BCUT2D eigenvalue weighted by Crippen LogP contribution is 2.27. The standard InChI is InChI=1S/C7H13ClO/c1-5-3-2-4-6(8)7(5)9/h5-7,9H,2-4H2,1H3/t5-,6-,7-/m1/s1. The molecular weight excluding hydrogens is 136 g/mol. The first-order chi connectivity index (χ1) is 4.22. The zero-order valence-electron chi connectivity index (χ0n) is 5.68. The van der Waals surface area contributed by atoms with Gasteiger partial charge in [0.1, 0.15) is 0 Å². The van der Waals surface area contributed by atoms with Crippen LogP contribution in [0, 0.1) is 5.92 Å². The van der Waals surface area contributed by atoms with Gasteiger partial charge in [0.15, 0.2) is 0 Å². The number of halogens is 1. The van der Waals surface area contributed by atoms with Crippen LogP contribution >= 0.6 is 11.6 Å². The molecule has 3 atom stereocenters. The van der Waals surface area contributed by atoms with Gasteiger partial charge < -0.3 is 5.11 Å². The summed E-state index contributed by atoms with van der Waals surface area (Å²) in [6.45, 7) is 2.05. The lowest BCUT2D eigenvalue weighted by molar-refractivity contribution is 0.0833. The molecule has 2 heteroatoms. The molecule has 0 radical (unpaired) electrons. The topological polar surface area (TPSA) is 20.2 Å². The average molecular weight is 149 g/mol. The quantitative estimate of drug-likeness (QED) is 0.520. The van der Waals surface area contributed by atoms with Gasteiger partial charge in [-0.15, -0.1) is 11.6 Å². The molecule has 0 heterocycles. The molecule has 9 heavy (non-hydrogen) atoms. The number of aliphatic hydroxyl groups excluding tert-OH is 1. The molecule has 0 aromatic carbocycles. The van der Waals surface area contributed by atoms with Crippen molar-refractivity contribution in [2.75, 3.05) is 0 Å². The van der Waals surface area contributed by atoms with Gasteiger partial charge in [-0.05, 0) is 18.8 Å². The maximum absolute atomic E-state index is 9.31. The van der Waals surface area contributed by atoms with Crippen LogP contribution < -0.4 is 0 Å². The summed E-state index contributed by atoms with van der Waals surface area (Å²) in [5, 5.41) is 9.32. The van der Waals surface area contributed by atoms with Crippen molar-refractivity contribution >= 4 is 11.6 Å². The van der Waals surface area contributed by atoms with Crippen molar-refractivity contribution in [1.82, 2.24) is 0 Å². The van der Waals surface area contributed by atoms with Crippen LogP contribution in [0.3, 0.4) is 0 Å². The Morgan fingerprint density at radius 2 is 2.11 bits per heavy atom. The second-order valence-corrected chi connectivity index (χ2v) is 3.48. The fourth-order valence-corrected chi connectivity index (χ4v) is 1.74. The summed E-state index contributed by atoms with van der Waals surface area (Å²) < 4.78 is 0. The van der Waals surface area contributed by atoms with Crippen molar-refractivity contribution in [3.05, 3.63) is 0 Å². The molecule has 54 valence electrons. The van der Waals surface area contributed by atoms with Crippen LogP contribution in [0.5, 0.6) is 0 Å². The summed E-state index contributed by atoms with van der Waals surface area (Å²) in [6.07, 6.45) is 3.02. The van der Waals surface area contributed by atoms with E-state index in [4.69, 9.17) is 11.6 Å². The Morgan fingerprint density at radius 3 is 2.56 bits per heavy atom. The van der Waals surface area contributed by atoms with E-state index in [-0.39, 0.29) is 11.5 Å². The normalized spacial score (nSPS) is 45.0. The highest BCUT2D eigenvalue weighted by Gasteiger charge is 2.26. The van der Waals surface area contributed by atoms with E-state index in [1.54, 1.807) is 0 Å². The van der Waals surface area contributed by atoms with E-state index in [9.17, 15) is 5.11 Å². The largest absolute Gasteiger partial charge is 0.391 e. The first-order valence-electron chi connectivity index (χ1n) is 3.54. The minimum Gasteiger partial charge on any atom is -0.391 e. The lowest BCUT2D eigenvalue weighted by atomic mass is 9.88. The lowest BCUT2D eigenvalue weighted by Crippen LogP contribution is -2.32. The number of hydrogen-bond donors (Lipinski definition) is 1. The summed E-state index contributed by atoms with van der Waals surface area (Å²) in [7, 11) is 0. The van der Waals surface area contributed by atoms with Crippen molar-refractivity contribution in [2.24, 2.45) is 5.92 Å². The van der Waals surface area contributed by atoms with E-state index >= 15 is 0 Å². The molecule has 0 aromatic heterocycles. The molecular formula is C7H13ClO. The van der Waals surface area contributed by atoms with E-state index in [2.05, 4.69) is 6.92 Å². The van der Waals surface area contributed by atoms with Gasteiger partial charge in [-0.3, -0.25) is 0 Å². The van der Waals surface area contributed by atoms with Crippen LogP contribution in [0.1, 0.15) is 26.2 Å². The fourth-order valence-electron chi connectivity index (χ4n) is 1.33. The lowest BCUT2D eigenvalue weighted by Gasteiger charge is -2.28. The van der Waals surface area contributed by atoms with Gasteiger partial charge in [-0.25, -0.2) is 0 Å². The van der Waals surface area contributed by atoms with Crippen LogP contribution in [0.2, 0.25) is 0 Å². The number of hydrogen-bond acceptors (Lipinski definition) is 1. The Balaban J connectivity index is 2.41. The molecule has 0 unspecified atom stereocenters. The van der Waals surface area contributed by atoms with Crippen molar-refractivity contribution < 1.29 is 5.11 Å². The predicted octanol–water partition coefficient (Wildman–Crippen LogP) is 1.77. The smallest absolute Gasteiger partial charge is 0.0729 e. The van der Waals surface area contributed by atoms with Crippen LogP contribution in [0.4, 0.5) is 0 Å². The molecule has 1 N–H and O–H groups in total. The summed E-state index contributed by atoms with van der Waals surface area (Å²) in [4.78, 5) is 0. The summed E-state index contributed by atoms with van der Waals surface area (Å²) in [5.41, 5.74) is 0. The molecule has 1 rings (SSSR count). The minimum atomic E-state index is -0.264. The van der Waals surface area contributed by atoms with Gasteiger partial charge in [0, 0.05) is 0 Å². The third-order valence-electron chi connectivity index (χ3n) is 2.09. The molecule has 0 amide bonds. The van der Waals surface area contributed by atoms with Crippen molar-refractivity contribution in [1.29, 1.82) is 0 Å². The molecule has 0 aromatic rings. The van der Waals surface area contributed by atoms with Gasteiger partial charge in [0.25, 0.3) is 0 Å². The molecule has 1 aliphatic carbocycles. The molecule has 1 fully saturated rings. The predicted molar refractivity (Wildman–Crippen MR) is 38.7 cm³/mol. The fraction of sp³-hybridized carbons (Fsp3) is 1.00. The Bertz CT molecular complexity index is 84.9. The highest BCUT2D eigenvalue weighted by molar-refractivity contribution is 6.21. The first kappa shape index (κ1) is 7.36. The van der Waals surface area contributed by atoms with Gasteiger partial charge >= 0.3 is 0 Å². The van der Waals surface area contributed by atoms with Gasteiger partial charge in [0.2, 0.25) is 0 Å². The number of alkyl halides is 1. The van der Waals surface area contributed by atoms with E-state index < -0.39 is 0 Å². The third-order valence-corrected chi connectivity index (χ3v) is 2.57. The Labute approximate surface area is 61.0 Å². The summed E-state index contributed by atoms with van der Waals surface area (Å²) >= 11 is 5.81. The Morgan fingerprint density at radius 1 is 1.44 bits per heavy atom. The summed E-state index contributed by atoms with van der Waals surface area (Å²) in [5.74, 6) is 0.404. The summed E-state index contributed by atoms with van der Waals surface area (Å²) in [6, 6.07) is 0. The molecule has 0 saturated heterocycles. The minimum absolute atomic E-state index is 0.00810. The molecule has 0 bridgehead atoms. The highest BCUT2D eigenvalue weighted by atomic mass is 35.5. The van der Waals surface area contributed by atoms with E-state index in [1.165, 1.54) is 6.42 Å². The molecule has 0 spiro atoms.